The van der Waals surface area contributed by atoms with E-state index in [0.29, 0.717) is 16.8 Å². The van der Waals surface area contributed by atoms with Crippen LogP contribution in [0.3, 0.4) is 0 Å². The van der Waals surface area contributed by atoms with Crippen molar-refractivity contribution in [1.82, 2.24) is 4.98 Å². The molecule has 0 amide bonds. The van der Waals surface area contributed by atoms with Crippen LogP contribution in [0.2, 0.25) is 0 Å². The van der Waals surface area contributed by atoms with Crippen molar-refractivity contribution in [3.05, 3.63) is 66.4 Å². The Morgan fingerprint density at radius 3 is 2.64 bits per heavy atom. The first-order chi connectivity index (χ1) is 16.6. The molecule has 4 nitrogen and oxygen atoms in total. The monoisotopic (exact) mass is 564 g/mol. The van der Waals surface area contributed by atoms with Crippen LogP contribution in [0.15, 0.2) is 59.1 Å². The first-order valence-electron chi connectivity index (χ1n) is 12.7. The third-order valence-corrected chi connectivity index (χ3v) is 3.80. The normalized spacial score (nSPS) is 18.9. The van der Waals surface area contributed by atoms with E-state index < -0.39 is 39.2 Å². The van der Waals surface area contributed by atoms with Crippen LogP contribution >= 0.6 is 0 Å². The van der Waals surface area contributed by atoms with Gasteiger partial charge < -0.3 is 19.6 Å². The molecule has 2 heterocycles. The number of furan rings is 1. The van der Waals surface area contributed by atoms with Gasteiger partial charge in [-0.15, -0.1) is 18.2 Å². The van der Waals surface area contributed by atoms with E-state index in [1.807, 2.05) is 36.4 Å². The molecule has 0 saturated carbocycles. The molecule has 1 radical (unpaired) electrons. The molecule has 5 heteroatoms. The molecule has 2 unspecified atom stereocenters. The summed E-state index contributed by atoms with van der Waals surface area (Å²) in [5.74, 6) is 0. The first-order valence-corrected chi connectivity index (χ1v) is 8.24. The summed E-state index contributed by atoms with van der Waals surface area (Å²) in [4.78, 5) is 4.30. The molecule has 2 N–H and O–H groups in total. The largest absolute Gasteiger partial charge is 0.501 e. The minimum atomic E-state index is -2.65. The summed E-state index contributed by atoms with van der Waals surface area (Å²) in [5.41, 5.74) is 2.93. The third-order valence-electron chi connectivity index (χ3n) is 3.80. The number of hydrogen-bond acceptors (Lipinski definition) is 4. The molecule has 0 fully saturated rings. The Hall–Kier alpha value is -2.04. The number of aliphatic hydroxyl groups is 2. The second-order valence-corrected chi connectivity index (χ2v) is 5.89. The topological polar surface area (TPSA) is 66.5 Å². The molecule has 2 aromatic heterocycles. The number of pyridine rings is 1. The predicted molar refractivity (Wildman–Crippen MR) is 109 cm³/mol. The van der Waals surface area contributed by atoms with Gasteiger partial charge >= 0.3 is 0 Å². The van der Waals surface area contributed by atoms with Crippen LogP contribution in [-0.4, -0.2) is 27.4 Å². The Bertz CT molecular complexity index is 1320. The number of rotatable bonds is 3. The maximum atomic E-state index is 8.95. The molecule has 28 heavy (non-hydrogen) atoms. The molecule has 4 aromatic rings. The Morgan fingerprint density at radius 2 is 1.89 bits per heavy atom. The van der Waals surface area contributed by atoms with Crippen molar-refractivity contribution in [3.8, 4) is 11.3 Å². The van der Waals surface area contributed by atoms with Gasteiger partial charge in [0.2, 0.25) is 0 Å². The van der Waals surface area contributed by atoms with Gasteiger partial charge in [0.1, 0.15) is 5.58 Å². The maximum Gasteiger partial charge on any atom is 0.120 e. The zero-order valence-corrected chi connectivity index (χ0v) is 17.0. The standard InChI is InChI=1S/C18H12NO.C5H12O2.Ir/c1-12-9-10-19-16(11-12)15-7-4-6-14-13-5-2-3-8-17(13)20-18(14)15;1-4(6)3-5(2)7;/h2-6,8-11H,1H3;4-7H,3H2,1-2H3;/q-1;;/i1D3;1D3,2D3;. The summed E-state index contributed by atoms with van der Waals surface area (Å²) in [6, 6.07) is 17.7. The average Bonchev–Trinajstić information content (AvgIpc) is 3.16. The Morgan fingerprint density at radius 1 is 1.11 bits per heavy atom. The zero-order chi connectivity index (χ0) is 26.9. The molecule has 0 aliphatic heterocycles. The van der Waals surface area contributed by atoms with Gasteiger partial charge in [-0.2, -0.15) is 0 Å². The summed E-state index contributed by atoms with van der Waals surface area (Å²) < 4.78 is 69.0. The van der Waals surface area contributed by atoms with Crippen molar-refractivity contribution in [2.24, 2.45) is 0 Å². The van der Waals surface area contributed by atoms with E-state index in [1.165, 1.54) is 12.3 Å². The minimum Gasteiger partial charge on any atom is -0.501 e. The van der Waals surface area contributed by atoms with Gasteiger partial charge in [0, 0.05) is 44.0 Å². The number of fused-ring (bicyclic) bond motifs is 3. The van der Waals surface area contributed by atoms with E-state index in [2.05, 4.69) is 11.1 Å². The summed E-state index contributed by atoms with van der Waals surface area (Å²) in [5, 5.41) is 19.9. The van der Waals surface area contributed by atoms with E-state index in [4.69, 9.17) is 27.0 Å². The number of aryl methyl sites for hydroxylation is 1. The van der Waals surface area contributed by atoms with Gasteiger partial charge in [-0.1, -0.05) is 40.8 Å². The predicted octanol–water partition coefficient (Wildman–Crippen LogP) is 4.89. The van der Waals surface area contributed by atoms with Crippen molar-refractivity contribution < 1.29 is 47.1 Å². The van der Waals surface area contributed by atoms with Gasteiger partial charge in [-0.05, 0) is 44.8 Å². The molecular formula is C23H24IrNO3-. The van der Waals surface area contributed by atoms with Crippen molar-refractivity contribution >= 4 is 21.9 Å². The smallest absolute Gasteiger partial charge is 0.120 e. The van der Waals surface area contributed by atoms with Crippen molar-refractivity contribution in [3.63, 3.8) is 0 Å². The molecule has 0 saturated heterocycles. The van der Waals surface area contributed by atoms with Crippen LogP contribution in [0.1, 0.15) is 38.0 Å². The minimum absolute atomic E-state index is 0. The number of hydrogen-bond donors (Lipinski definition) is 2. The SMILES string of the molecule is [2H]C([2H])([2H])C(O)CC(O)C([2H])([2H])[2H].[2H]C([2H])([2H])c1ccnc(-c2[c-]ccc3c2oc2ccccc23)c1.[Ir]. The van der Waals surface area contributed by atoms with Crippen molar-refractivity contribution in [1.29, 1.82) is 0 Å². The zero-order valence-electron chi connectivity index (χ0n) is 23.6. The van der Waals surface area contributed by atoms with E-state index >= 15 is 0 Å². The van der Waals surface area contributed by atoms with Gasteiger partial charge in [0.25, 0.3) is 0 Å². The molecule has 0 bridgehead atoms. The summed E-state index contributed by atoms with van der Waals surface area (Å²) in [6.45, 7) is -7.46. The van der Waals surface area contributed by atoms with E-state index in [9.17, 15) is 0 Å². The van der Waals surface area contributed by atoms with E-state index in [0.717, 1.165) is 16.4 Å². The summed E-state index contributed by atoms with van der Waals surface area (Å²) in [6.07, 6.45) is -2.77. The van der Waals surface area contributed by atoms with Crippen LogP contribution in [0.4, 0.5) is 0 Å². The van der Waals surface area contributed by atoms with E-state index in [1.54, 1.807) is 6.07 Å². The van der Waals surface area contributed by atoms with Crippen LogP contribution in [0, 0.1) is 12.9 Å². The Kier molecular flexibility index (Phi) is 4.44. The molecule has 2 aromatic carbocycles. The second-order valence-electron chi connectivity index (χ2n) is 5.89. The summed E-state index contributed by atoms with van der Waals surface area (Å²) >= 11 is 0. The van der Waals surface area contributed by atoms with Gasteiger partial charge in [-0.25, -0.2) is 0 Å². The molecule has 4 rings (SSSR count). The van der Waals surface area contributed by atoms with E-state index in [-0.39, 0.29) is 25.7 Å². The Balaban J connectivity index is 0.000000299. The number of nitrogens with zero attached hydrogens (tertiary/aromatic N) is 1. The molecular weight excluding hydrogens is 530 g/mol. The number of benzene rings is 2. The van der Waals surface area contributed by atoms with Crippen molar-refractivity contribution in [2.75, 3.05) is 0 Å². The fourth-order valence-electron chi connectivity index (χ4n) is 2.66. The van der Waals surface area contributed by atoms with Gasteiger partial charge in [0.15, 0.2) is 0 Å². The number of aromatic nitrogens is 1. The molecule has 0 aliphatic carbocycles. The fraction of sp³-hybridized carbons (Fsp3) is 0.261. The van der Waals surface area contributed by atoms with Crippen LogP contribution in [0.25, 0.3) is 33.2 Å². The quantitative estimate of drug-likeness (QED) is 0.349. The Labute approximate surface area is 191 Å². The van der Waals surface area contributed by atoms with Gasteiger partial charge in [-0.3, -0.25) is 0 Å². The van der Waals surface area contributed by atoms with Gasteiger partial charge in [0.05, 0.1) is 17.8 Å². The van der Waals surface area contributed by atoms with Crippen LogP contribution in [0.5, 0.6) is 0 Å². The van der Waals surface area contributed by atoms with Crippen LogP contribution in [-0.2, 0) is 20.1 Å². The number of aliphatic hydroxyl groups excluding tert-OH is 2. The molecule has 2 atom stereocenters. The van der Waals surface area contributed by atoms with Crippen molar-refractivity contribution in [2.45, 2.75) is 39.2 Å². The fourth-order valence-corrected chi connectivity index (χ4v) is 2.66. The number of para-hydroxylation sites is 1. The second kappa shape index (κ2) is 9.94. The average molecular weight is 564 g/mol. The summed E-state index contributed by atoms with van der Waals surface area (Å²) in [7, 11) is 0. The van der Waals surface area contributed by atoms with Crippen LogP contribution < -0.4 is 0 Å². The third kappa shape index (κ3) is 5.27. The molecule has 149 valence electrons. The first kappa shape index (κ1) is 12.5. The molecule has 0 spiro atoms. The maximum absolute atomic E-state index is 8.95. The molecule has 0 aliphatic rings.